The predicted molar refractivity (Wildman–Crippen MR) is 114 cm³/mol. The van der Waals surface area contributed by atoms with Gasteiger partial charge in [-0.05, 0) is 48.4 Å². The number of anilines is 1. The van der Waals surface area contributed by atoms with Crippen molar-refractivity contribution >= 4 is 11.8 Å². The number of para-hydroxylation sites is 1. The number of hydrogen-bond acceptors (Lipinski definition) is 1. The van der Waals surface area contributed by atoms with Gasteiger partial charge in [-0.3, -0.25) is 0 Å². The van der Waals surface area contributed by atoms with Gasteiger partial charge in [0.25, 0.3) is 0 Å². The lowest BCUT2D eigenvalue weighted by molar-refractivity contribution is 0.636. The van der Waals surface area contributed by atoms with Gasteiger partial charge in [-0.1, -0.05) is 88.7 Å². The van der Waals surface area contributed by atoms with Gasteiger partial charge in [-0.15, -0.1) is 0 Å². The molecule has 0 saturated carbocycles. The van der Waals surface area contributed by atoms with E-state index in [-0.39, 0.29) is 0 Å². The fourth-order valence-electron chi connectivity index (χ4n) is 2.84. The molecule has 2 aromatic carbocycles. The lowest BCUT2D eigenvalue weighted by Crippen LogP contribution is -1.90. The Balaban J connectivity index is 0.000000243. The van der Waals surface area contributed by atoms with Gasteiger partial charge in [0.15, 0.2) is 0 Å². The summed E-state index contributed by atoms with van der Waals surface area (Å²) in [4.78, 5) is 0. The van der Waals surface area contributed by atoms with E-state index in [1.807, 2.05) is 13.8 Å². The van der Waals surface area contributed by atoms with Crippen molar-refractivity contribution in [3.63, 3.8) is 0 Å². The molecular formula is C24H35N. The molecule has 1 unspecified atom stereocenters. The van der Waals surface area contributed by atoms with E-state index in [2.05, 4.69) is 86.8 Å². The fourth-order valence-corrected chi connectivity index (χ4v) is 2.84. The third-order valence-corrected chi connectivity index (χ3v) is 4.26. The summed E-state index contributed by atoms with van der Waals surface area (Å²) in [6.45, 7) is 11.8. The largest absolute Gasteiger partial charge is 0.384 e. The van der Waals surface area contributed by atoms with Crippen molar-refractivity contribution in [2.45, 2.75) is 53.9 Å². The molecule has 1 aliphatic heterocycles. The van der Waals surface area contributed by atoms with Crippen LogP contribution >= 0.6 is 0 Å². The molecule has 1 nitrogen and oxygen atoms in total. The predicted octanol–water partition coefficient (Wildman–Crippen LogP) is 7.13. The number of aryl methyl sites for hydroxylation is 1. The second-order valence-corrected chi connectivity index (χ2v) is 6.32. The van der Waals surface area contributed by atoms with Crippen LogP contribution in [0.4, 0.5) is 5.69 Å². The molecule has 0 saturated heterocycles. The van der Waals surface area contributed by atoms with E-state index in [1.54, 1.807) is 0 Å². The molecule has 1 heterocycles. The van der Waals surface area contributed by atoms with Crippen LogP contribution < -0.4 is 5.32 Å². The van der Waals surface area contributed by atoms with Crippen LogP contribution in [0.2, 0.25) is 0 Å². The highest BCUT2D eigenvalue weighted by molar-refractivity contribution is 5.55. The summed E-state index contributed by atoms with van der Waals surface area (Å²) in [5, 5.41) is 3.30. The summed E-state index contributed by atoms with van der Waals surface area (Å²) < 4.78 is 0. The Morgan fingerprint density at radius 1 is 1.04 bits per heavy atom. The van der Waals surface area contributed by atoms with Crippen molar-refractivity contribution in [2.75, 3.05) is 11.9 Å². The molecule has 0 aliphatic carbocycles. The van der Waals surface area contributed by atoms with Crippen LogP contribution in [0.5, 0.6) is 0 Å². The highest BCUT2D eigenvalue weighted by Crippen LogP contribution is 2.20. The van der Waals surface area contributed by atoms with E-state index in [0.29, 0.717) is 5.92 Å². The number of nitrogens with one attached hydrogen (secondary N) is 1. The van der Waals surface area contributed by atoms with Crippen molar-refractivity contribution in [2.24, 2.45) is 5.92 Å². The van der Waals surface area contributed by atoms with E-state index in [1.165, 1.54) is 41.6 Å². The van der Waals surface area contributed by atoms with Gasteiger partial charge in [0, 0.05) is 12.2 Å². The fraction of sp³-hybridized carbons (Fsp3) is 0.417. The van der Waals surface area contributed by atoms with Gasteiger partial charge in [0.1, 0.15) is 0 Å². The van der Waals surface area contributed by atoms with E-state index in [9.17, 15) is 0 Å². The van der Waals surface area contributed by atoms with E-state index in [4.69, 9.17) is 0 Å². The number of benzene rings is 2. The van der Waals surface area contributed by atoms with Crippen LogP contribution in [0.1, 0.15) is 57.2 Å². The third kappa shape index (κ3) is 7.60. The highest BCUT2D eigenvalue weighted by atomic mass is 14.9. The molecule has 0 amide bonds. The summed E-state index contributed by atoms with van der Waals surface area (Å²) >= 11 is 0. The van der Waals surface area contributed by atoms with Crippen LogP contribution in [0.3, 0.4) is 0 Å². The molecule has 2 aromatic rings. The lowest BCUT2D eigenvalue weighted by atomic mass is 10.0. The summed E-state index contributed by atoms with van der Waals surface area (Å²) in [7, 11) is 0. The molecular weight excluding hydrogens is 302 g/mol. The Hall–Kier alpha value is -2.02. The molecule has 0 fully saturated rings. The van der Waals surface area contributed by atoms with Gasteiger partial charge < -0.3 is 5.32 Å². The molecule has 136 valence electrons. The minimum atomic E-state index is 0.694. The molecule has 1 heteroatoms. The van der Waals surface area contributed by atoms with Gasteiger partial charge in [0.05, 0.1) is 0 Å². The first-order valence-electron chi connectivity index (χ1n) is 9.76. The maximum Gasteiger partial charge on any atom is 0.0373 e. The Morgan fingerprint density at radius 3 is 2.40 bits per heavy atom. The number of allylic oxidation sites excluding steroid dienone is 1. The van der Waals surface area contributed by atoms with Gasteiger partial charge >= 0.3 is 0 Å². The standard InChI is InChI=1S/C14H20.C8H9N.C2H6/c1-4-7-12(2)10-11-14-9-6-5-8-13(14)3;1-2-4-8-7(3-1)5-6-9-8;1-2/h5-6,8-12H,4,7H2,1-3H3;1-4,9H,5-6H2;1-2H3/b11-10+;;. The van der Waals surface area contributed by atoms with Crippen LogP contribution in [0, 0.1) is 12.8 Å². The summed E-state index contributed by atoms with van der Waals surface area (Å²) in [5.74, 6) is 0.694. The maximum absolute atomic E-state index is 3.30. The molecule has 1 aliphatic rings. The second kappa shape index (κ2) is 12.4. The molecule has 0 aromatic heterocycles. The smallest absolute Gasteiger partial charge is 0.0373 e. The quantitative estimate of drug-likeness (QED) is 0.626. The zero-order chi connectivity index (χ0) is 18.5. The van der Waals surface area contributed by atoms with Gasteiger partial charge in [-0.25, -0.2) is 0 Å². The first-order valence-corrected chi connectivity index (χ1v) is 9.76. The van der Waals surface area contributed by atoms with E-state index in [0.717, 1.165) is 6.54 Å². The molecule has 1 atom stereocenters. The Bertz CT molecular complexity index is 604. The SMILES string of the molecule is CC.CCCC(C)/C=C/c1ccccc1C.c1ccc2c(c1)CCN2. The van der Waals surface area contributed by atoms with Crippen molar-refractivity contribution in [1.29, 1.82) is 0 Å². The van der Waals surface area contributed by atoms with E-state index < -0.39 is 0 Å². The van der Waals surface area contributed by atoms with Crippen molar-refractivity contribution in [3.8, 4) is 0 Å². The maximum atomic E-state index is 3.30. The number of hydrogen-bond donors (Lipinski definition) is 1. The molecule has 0 spiro atoms. The van der Waals surface area contributed by atoms with Crippen LogP contribution in [-0.2, 0) is 6.42 Å². The monoisotopic (exact) mass is 337 g/mol. The summed E-state index contributed by atoms with van der Waals surface area (Å²) in [6.07, 6.45) is 8.29. The Labute approximate surface area is 155 Å². The molecule has 0 radical (unpaired) electrons. The molecule has 25 heavy (non-hydrogen) atoms. The second-order valence-electron chi connectivity index (χ2n) is 6.32. The Kier molecular flexibility index (Phi) is 10.4. The topological polar surface area (TPSA) is 12.0 Å². The molecule has 0 bridgehead atoms. The zero-order valence-corrected chi connectivity index (χ0v) is 16.7. The average molecular weight is 338 g/mol. The first-order chi connectivity index (χ1) is 12.2. The zero-order valence-electron chi connectivity index (χ0n) is 16.7. The van der Waals surface area contributed by atoms with Crippen LogP contribution in [0.15, 0.2) is 54.6 Å². The van der Waals surface area contributed by atoms with Crippen molar-refractivity contribution < 1.29 is 0 Å². The average Bonchev–Trinajstić information content (AvgIpc) is 3.12. The summed E-state index contributed by atoms with van der Waals surface area (Å²) in [5.41, 5.74) is 5.47. The number of fused-ring (bicyclic) bond motifs is 1. The highest BCUT2D eigenvalue weighted by Gasteiger charge is 2.05. The number of rotatable bonds is 4. The van der Waals surface area contributed by atoms with Crippen molar-refractivity contribution in [1.82, 2.24) is 0 Å². The third-order valence-electron chi connectivity index (χ3n) is 4.26. The molecule has 1 N–H and O–H groups in total. The van der Waals surface area contributed by atoms with E-state index >= 15 is 0 Å². The molecule has 3 rings (SSSR count). The van der Waals surface area contributed by atoms with Gasteiger partial charge in [-0.2, -0.15) is 0 Å². The van der Waals surface area contributed by atoms with Gasteiger partial charge in [0.2, 0.25) is 0 Å². The van der Waals surface area contributed by atoms with Crippen LogP contribution in [-0.4, -0.2) is 6.54 Å². The normalized spacial score (nSPS) is 13.0. The Morgan fingerprint density at radius 2 is 1.72 bits per heavy atom. The van der Waals surface area contributed by atoms with Crippen LogP contribution in [0.25, 0.3) is 6.08 Å². The first kappa shape index (κ1) is 21.0. The minimum Gasteiger partial charge on any atom is -0.384 e. The lowest BCUT2D eigenvalue weighted by Gasteiger charge is -2.03. The summed E-state index contributed by atoms with van der Waals surface area (Å²) in [6, 6.07) is 17.0. The van der Waals surface area contributed by atoms with Crippen molar-refractivity contribution in [3.05, 3.63) is 71.3 Å². The minimum absolute atomic E-state index is 0.694.